The maximum atomic E-state index is 13.3. The van der Waals surface area contributed by atoms with Gasteiger partial charge < -0.3 is 26.0 Å². The van der Waals surface area contributed by atoms with E-state index in [1.165, 1.54) is 34.5 Å². The molecular formula is C39H45FN6O4. The van der Waals surface area contributed by atoms with Gasteiger partial charge in [-0.05, 0) is 78.1 Å². The van der Waals surface area contributed by atoms with E-state index in [0.717, 1.165) is 63.8 Å². The molecule has 1 unspecified atom stereocenters. The van der Waals surface area contributed by atoms with Crippen LogP contribution in [0, 0.1) is 5.95 Å². The molecule has 2 aliphatic carbocycles. The molecule has 4 aromatic rings. The van der Waals surface area contributed by atoms with Crippen molar-refractivity contribution >= 4 is 11.7 Å². The van der Waals surface area contributed by atoms with Crippen molar-refractivity contribution < 1.29 is 24.1 Å². The van der Waals surface area contributed by atoms with Crippen LogP contribution in [0.5, 0.6) is 0 Å². The molecule has 3 aliphatic rings. The van der Waals surface area contributed by atoms with Gasteiger partial charge in [0.1, 0.15) is 5.82 Å². The van der Waals surface area contributed by atoms with Gasteiger partial charge in [-0.15, -0.1) is 0 Å². The van der Waals surface area contributed by atoms with Crippen molar-refractivity contribution in [2.45, 2.75) is 63.0 Å². The molecule has 262 valence electrons. The Kier molecular flexibility index (Phi) is 10.5. The fourth-order valence-electron chi connectivity index (χ4n) is 7.66. The van der Waals surface area contributed by atoms with E-state index < -0.39 is 12.1 Å². The first kappa shape index (κ1) is 34.2. The van der Waals surface area contributed by atoms with E-state index in [2.05, 4.69) is 67.5 Å². The van der Waals surface area contributed by atoms with Crippen LogP contribution >= 0.6 is 0 Å². The highest BCUT2D eigenvalue weighted by molar-refractivity contribution is 5.99. The Morgan fingerprint density at radius 2 is 1.70 bits per heavy atom. The summed E-state index contributed by atoms with van der Waals surface area (Å²) in [6.45, 7) is 4.55. The Balaban J connectivity index is 0.927. The molecule has 5 N–H and O–H groups in total. The highest BCUT2D eigenvalue weighted by Gasteiger charge is 2.32. The number of aliphatic hydroxyl groups is 2. The zero-order valence-corrected chi connectivity index (χ0v) is 28.2. The molecule has 4 atom stereocenters. The Hall–Kier alpha value is -4.26. The number of β-amino-alcohol motifs (C(OH)–C–C–N with tert-alkyl or cyclic N) is 1. The largest absolute Gasteiger partial charge is 0.394 e. The maximum Gasteiger partial charge on any atom is 0.255 e. The van der Waals surface area contributed by atoms with E-state index in [1.54, 1.807) is 18.3 Å². The minimum Gasteiger partial charge on any atom is -0.394 e. The standard InChI is InChI=1S/C39H45FN6O4/c40-37-13-10-29(20-42-37)30-19-33(38(41)43-21-30)39(49)44-34-2-1-3-36(34)50-24-25-4-6-26(7-5-25)27-8-11-32-28(18-27)9-12-35(32)46-16-14-45(15-17-46)22-31(48)23-47/h4-8,10-11,13,18-21,31,34-36,47-48H,1-3,9,12,14-17,22-24H2,(H2,41,43)(H,44,49)/t31?,34-,35-,36-/m0/s1. The number of carbonyl (C=O) groups is 1. The van der Waals surface area contributed by atoms with Crippen LogP contribution in [0.1, 0.15) is 58.8 Å². The molecule has 11 heteroatoms. The second-order valence-corrected chi connectivity index (χ2v) is 13.7. The molecule has 1 amide bonds. The van der Waals surface area contributed by atoms with Crippen molar-refractivity contribution in [2.24, 2.45) is 0 Å². The van der Waals surface area contributed by atoms with Gasteiger partial charge in [0.05, 0.1) is 37.0 Å². The lowest BCUT2D eigenvalue weighted by Crippen LogP contribution is -2.49. The van der Waals surface area contributed by atoms with E-state index in [4.69, 9.17) is 10.5 Å². The second-order valence-electron chi connectivity index (χ2n) is 13.7. The number of ether oxygens (including phenoxy) is 1. The number of hydrogen-bond donors (Lipinski definition) is 4. The number of aromatic nitrogens is 2. The smallest absolute Gasteiger partial charge is 0.255 e. The molecule has 2 fully saturated rings. The van der Waals surface area contributed by atoms with Crippen LogP contribution in [0.15, 0.2) is 73.1 Å². The van der Waals surface area contributed by atoms with Gasteiger partial charge in [-0.3, -0.25) is 14.6 Å². The quantitative estimate of drug-likeness (QED) is 0.170. The van der Waals surface area contributed by atoms with E-state index in [-0.39, 0.29) is 36.0 Å². The number of anilines is 1. The van der Waals surface area contributed by atoms with Crippen LogP contribution in [0.3, 0.4) is 0 Å². The first-order valence-electron chi connectivity index (χ1n) is 17.6. The number of halogens is 1. The summed E-state index contributed by atoms with van der Waals surface area (Å²) in [6, 6.07) is 20.2. The Morgan fingerprint density at radius 3 is 2.46 bits per heavy atom. The molecule has 3 heterocycles. The van der Waals surface area contributed by atoms with Gasteiger partial charge in [0.25, 0.3) is 5.91 Å². The topological polar surface area (TPSA) is 137 Å². The van der Waals surface area contributed by atoms with Gasteiger partial charge in [0.2, 0.25) is 5.95 Å². The number of hydrogen-bond acceptors (Lipinski definition) is 9. The zero-order valence-electron chi connectivity index (χ0n) is 28.2. The highest BCUT2D eigenvalue weighted by atomic mass is 19.1. The number of rotatable bonds is 11. The molecule has 0 radical (unpaired) electrons. The Labute approximate surface area is 292 Å². The number of amides is 1. The number of benzene rings is 2. The summed E-state index contributed by atoms with van der Waals surface area (Å²) in [5.74, 6) is -0.755. The Bertz CT molecular complexity index is 1780. The average molecular weight is 681 g/mol. The summed E-state index contributed by atoms with van der Waals surface area (Å²) in [5.41, 5.74) is 13.9. The molecule has 2 aromatic heterocycles. The number of carbonyl (C=O) groups excluding carboxylic acids is 1. The van der Waals surface area contributed by atoms with Gasteiger partial charge in [-0.25, -0.2) is 9.97 Å². The minimum absolute atomic E-state index is 0.114. The van der Waals surface area contributed by atoms with Crippen LogP contribution in [0.25, 0.3) is 22.3 Å². The van der Waals surface area contributed by atoms with Crippen LogP contribution in [-0.4, -0.2) is 93.5 Å². The number of nitrogens with zero attached hydrogens (tertiary/aromatic N) is 4. The number of fused-ring (bicyclic) bond motifs is 1. The number of aryl methyl sites for hydroxylation is 1. The molecule has 10 nitrogen and oxygen atoms in total. The molecule has 0 bridgehead atoms. The van der Waals surface area contributed by atoms with E-state index in [9.17, 15) is 19.4 Å². The number of pyridine rings is 2. The molecule has 7 rings (SSSR count). The van der Waals surface area contributed by atoms with E-state index in [0.29, 0.717) is 30.3 Å². The zero-order chi connectivity index (χ0) is 34.6. The lowest BCUT2D eigenvalue weighted by Gasteiger charge is -2.38. The molecule has 1 saturated heterocycles. The number of piperazine rings is 1. The number of nitrogens with two attached hydrogens (primary N) is 1. The van der Waals surface area contributed by atoms with E-state index in [1.807, 2.05) is 0 Å². The minimum atomic E-state index is -0.669. The van der Waals surface area contributed by atoms with Crippen LogP contribution in [0.2, 0.25) is 0 Å². The van der Waals surface area contributed by atoms with Gasteiger partial charge in [0, 0.05) is 62.3 Å². The van der Waals surface area contributed by atoms with Gasteiger partial charge in [0.15, 0.2) is 0 Å². The first-order valence-corrected chi connectivity index (χ1v) is 17.6. The third-order valence-electron chi connectivity index (χ3n) is 10.5. The summed E-state index contributed by atoms with van der Waals surface area (Å²) in [4.78, 5) is 26.0. The van der Waals surface area contributed by atoms with Crippen molar-refractivity contribution in [3.05, 3.63) is 101 Å². The Morgan fingerprint density at radius 1 is 0.940 bits per heavy atom. The van der Waals surface area contributed by atoms with Crippen molar-refractivity contribution in [3.63, 3.8) is 0 Å². The number of nitrogen functional groups attached to an aromatic ring is 1. The third kappa shape index (κ3) is 7.72. The maximum absolute atomic E-state index is 13.3. The van der Waals surface area contributed by atoms with Crippen LogP contribution < -0.4 is 11.1 Å². The third-order valence-corrected chi connectivity index (χ3v) is 10.5. The van der Waals surface area contributed by atoms with Crippen molar-refractivity contribution in [1.82, 2.24) is 25.1 Å². The van der Waals surface area contributed by atoms with Crippen LogP contribution in [0.4, 0.5) is 10.2 Å². The summed E-state index contributed by atoms with van der Waals surface area (Å²) < 4.78 is 19.6. The van der Waals surface area contributed by atoms with Crippen molar-refractivity contribution in [3.8, 4) is 22.3 Å². The molecule has 1 aliphatic heterocycles. The van der Waals surface area contributed by atoms with Gasteiger partial charge in [-0.1, -0.05) is 42.5 Å². The molecule has 2 aromatic carbocycles. The summed E-state index contributed by atoms with van der Waals surface area (Å²) in [5, 5.41) is 22.1. The van der Waals surface area contributed by atoms with Crippen molar-refractivity contribution in [2.75, 3.05) is 45.1 Å². The fraction of sp³-hybridized carbons (Fsp3) is 0.410. The summed E-state index contributed by atoms with van der Waals surface area (Å²) in [7, 11) is 0. The molecule has 0 spiro atoms. The van der Waals surface area contributed by atoms with E-state index >= 15 is 0 Å². The summed E-state index contributed by atoms with van der Waals surface area (Å²) >= 11 is 0. The lowest BCUT2D eigenvalue weighted by molar-refractivity contribution is 0.0272. The average Bonchev–Trinajstić information content (AvgIpc) is 3.78. The van der Waals surface area contributed by atoms with Crippen molar-refractivity contribution in [1.29, 1.82) is 0 Å². The first-order chi connectivity index (χ1) is 24.3. The lowest BCUT2D eigenvalue weighted by atomic mass is 9.98. The molecule has 50 heavy (non-hydrogen) atoms. The van der Waals surface area contributed by atoms with Crippen LogP contribution in [-0.2, 0) is 17.8 Å². The monoisotopic (exact) mass is 680 g/mol. The molecular weight excluding hydrogens is 635 g/mol. The van der Waals surface area contributed by atoms with Gasteiger partial charge in [-0.2, -0.15) is 4.39 Å². The number of aliphatic hydroxyl groups excluding tert-OH is 2. The highest BCUT2D eigenvalue weighted by Crippen LogP contribution is 2.38. The summed E-state index contributed by atoms with van der Waals surface area (Å²) in [6.07, 6.45) is 6.99. The fourth-order valence-corrected chi connectivity index (χ4v) is 7.66. The SMILES string of the molecule is Nc1ncc(-c2ccc(F)nc2)cc1C(=O)N[C@H]1CCC[C@@H]1OCc1ccc(-c2ccc3c(c2)CC[C@@H]3N2CCN(CC(O)CO)CC2)cc1. The normalized spacial score (nSPS) is 21.6. The predicted octanol–water partition coefficient (Wildman–Crippen LogP) is 4.36. The number of nitrogens with one attached hydrogen (secondary N) is 1. The van der Waals surface area contributed by atoms with Gasteiger partial charge >= 0.3 is 0 Å². The predicted molar refractivity (Wildman–Crippen MR) is 190 cm³/mol. The second kappa shape index (κ2) is 15.3. The molecule has 1 saturated carbocycles.